The van der Waals surface area contributed by atoms with Gasteiger partial charge in [-0.3, -0.25) is 0 Å². The summed E-state index contributed by atoms with van der Waals surface area (Å²) < 4.78 is 4.17. The van der Waals surface area contributed by atoms with Crippen molar-refractivity contribution in [3.05, 3.63) is 0 Å². The van der Waals surface area contributed by atoms with Gasteiger partial charge in [-0.25, -0.2) is 0 Å². The Morgan fingerprint density at radius 2 is 2.40 bits per heavy atom. The Morgan fingerprint density at radius 3 is 2.40 bits per heavy atom. The van der Waals surface area contributed by atoms with E-state index in [0.29, 0.717) is 0 Å². The fourth-order valence-corrected chi connectivity index (χ4v) is 18.5. The van der Waals surface area contributed by atoms with E-state index in [-0.39, 0.29) is 34.6 Å². The fraction of sp³-hybridized carbons (Fsp3) is 0. The molecule has 0 fully saturated rings. The van der Waals surface area contributed by atoms with Gasteiger partial charge in [-0.15, -0.1) is 0 Å². The van der Waals surface area contributed by atoms with Crippen LogP contribution in [-0.2, 0) is 0 Å². The fourth-order valence-electron chi connectivity index (χ4n) is 0.00913. The Hall–Kier alpha value is 2.72. The quantitative estimate of drug-likeness (QED) is 0.426. The molecule has 0 saturated heterocycles. The molecule has 34 valence electrons. The Bertz CT molecular complexity index is 30.6. The Balaban J connectivity index is 2.62. The molecular formula is I4N-. The van der Waals surface area contributed by atoms with Gasteiger partial charge < -0.3 is 0 Å². The molecule has 0 aromatic heterocycles. The first kappa shape index (κ1) is 7.72. The molecular weight excluding hydrogens is 522 g/mol. The summed E-state index contributed by atoms with van der Waals surface area (Å²) in [6, 6.07) is 0. The SMILES string of the molecule is II=N[I-]I. The second kappa shape index (κ2) is 6.72. The third kappa shape index (κ3) is 6.72. The molecule has 0 aromatic rings. The number of hydrogen-bond donors (Lipinski definition) is 0. The molecule has 0 aliphatic carbocycles. The molecule has 0 aliphatic heterocycles. The number of rotatable bonds is 1. The van der Waals surface area contributed by atoms with Gasteiger partial charge in [0.15, 0.2) is 0 Å². The summed E-state index contributed by atoms with van der Waals surface area (Å²) in [4.78, 5) is 0. The van der Waals surface area contributed by atoms with Gasteiger partial charge in [0.1, 0.15) is 0 Å². The van der Waals surface area contributed by atoms with Crippen LogP contribution in [0.5, 0.6) is 0 Å². The molecule has 0 rings (SSSR count). The van der Waals surface area contributed by atoms with Crippen molar-refractivity contribution in [3.63, 3.8) is 0 Å². The Kier molecular flexibility index (Phi) is 10.4. The van der Waals surface area contributed by atoms with E-state index < -0.39 is 0 Å². The zero-order chi connectivity index (χ0) is 4.12. The van der Waals surface area contributed by atoms with Gasteiger partial charge in [-0.2, -0.15) is 0 Å². The molecule has 0 unspecified atom stereocenters. The van der Waals surface area contributed by atoms with Crippen LogP contribution in [0.4, 0.5) is 0 Å². The van der Waals surface area contributed by atoms with E-state index >= 15 is 0 Å². The van der Waals surface area contributed by atoms with Crippen molar-refractivity contribution < 1.29 is 17.5 Å². The van der Waals surface area contributed by atoms with Gasteiger partial charge in [-0.05, 0) is 0 Å². The average molecular weight is 522 g/mol. The van der Waals surface area contributed by atoms with Gasteiger partial charge in [0.25, 0.3) is 0 Å². The molecule has 0 saturated carbocycles. The molecule has 5 heteroatoms. The van der Waals surface area contributed by atoms with Crippen LogP contribution in [0.2, 0.25) is 0 Å². The third-order valence-corrected chi connectivity index (χ3v) is 14.6. The normalized spacial score (nSPS) is 12.4. The summed E-state index contributed by atoms with van der Waals surface area (Å²) in [5.74, 6) is 0. The summed E-state index contributed by atoms with van der Waals surface area (Å²) in [6.45, 7) is 0. The van der Waals surface area contributed by atoms with E-state index in [4.69, 9.17) is 0 Å². The van der Waals surface area contributed by atoms with Crippen LogP contribution in [0, 0.1) is 0 Å². The minimum absolute atomic E-state index is 0.244. The van der Waals surface area contributed by atoms with Crippen LogP contribution in [-0.4, -0.2) is 0 Å². The van der Waals surface area contributed by atoms with Gasteiger partial charge in [0.2, 0.25) is 0 Å². The van der Waals surface area contributed by atoms with E-state index in [1.807, 2.05) is 0 Å². The second-order valence-electron chi connectivity index (χ2n) is 0.192. The molecule has 0 aromatic carbocycles. The van der Waals surface area contributed by atoms with E-state index in [9.17, 15) is 0 Å². The molecule has 0 bridgehead atoms. The van der Waals surface area contributed by atoms with Crippen LogP contribution < -0.4 is 17.5 Å². The van der Waals surface area contributed by atoms with Crippen LogP contribution in [0.25, 0.3) is 0 Å². The van der Waals surface area contributed by atoms with Crippen molar-refractivity contribution in [1.82, 2.24) is 0 Å². The van der Waals surface area contributed by atoms with Crippen LogP contribution >= 0.6 is 54.3 Å². The molecule has 0 atom stereocenters. The van der Waals surface area contributed by atoms with Crippen molar-refractivity contribution in [2.75, 3.05) is 0 Å². The van der Waals surface area contributed by atoms with Crippen molar-refractivity contribution >= 4 is 54.3 Å². The summed E-state index contributed by atoms with van der Waals surface area (Å²) in [5, 5.41) is 0. The zero-order valence-electron chi connectivity index (χ0n) is 1.96. The molecule has 0 spiro atoms. The number of nitrogens with zero attached hydrogens (tertiary/aromatic N) is 1. The van der Waals surface area contributed by atoms with Crippen molar-refractivity contribution in [2.45, 2.75) is 0 Å². The first-order valence-corrected chi connectivity index (χ1v) is 15.1. The third-order valence-electron chi connectivity index (χ3n) is 0.0483. The van der Waals surface area contributed by atoms with Gasteiger partial charge in [0, 0.05) is 0 Å². The Morgan fingerprint density at radius 1 is 1.80 bits per heavy atom. The molecule has 5 heavy (non-hydrogen) atoms. The molecule has 1 nitrogen and oxygen atoms in total. The predicted molar refractivity (Wildman–Crippen MR) is 44.5 cm³/mol. The van der Waals surface area contributed by atoms with E-state index in [0.717, 1.165) is 0 Å². The predicted octanol–water partition coefficient (Wildman–Crippen LogP) is -0.155. The van der Waals surface area contributed by atoms with Gasteiger partial charge in [0.05, 0.1) is 0 Å². The number of hydrogen-bond acceptors (Lipinski definition) is 1. The van der Waals surface area contributed by atoms with Crippen LogP contribution in [0.15, 0.2) is 1.36 Å². The maximum absolute atomic E-state index is 4.17. The topological polar surface area (TPSA) is 12.4 Å². The molecule has 0 N–H and O–H groups in total. The maximum atomic E-state index is 4.17. The summed E-state index contributed by atoms with van der Waals surface area (Å²) >= 11 is 5.19. The molecule has 0 heterocycles. The van der Waals surface area contributed by atoms with Gasteiger partial charge >= 0.3 is 73.2 Å². The molecule has 0 amide bonds. The van der Waals surface area contributed by atoms with Crippen LogP contribution in [0.3, 0.4) is 0 Å². The van der Waals surface area contributed by atoms with E-state index in [1.165, 1.54) is 0 Å². The summed E-state index contributed by atoms with van der Waals surface area (Å²) in [6.07, 6.45) is 0. The molecule has 0 radical (unpaired) electrons. The summed E-state index contributed by atoms with van der Waals surface area (Å²) in [7, 11) is 0. The van der Waals surface area contributed by atoms with Crippen molar-refractivity contribution in [2.24, 2.45) is 1.36 Å². The first-order chi connectivity index (χ1) is 2.41. The first-order valence-electron chi connectivity index (χ1n) is 0.624. The van der Waals surface area contributed by atoms with Crippen LogP contribution in [0.1, 0.15) is 0 Å². The minimum atomic E-state index is 0.244. The number of halogens is 4. The van der Waals surface area contributed by atoms with Crippen molar-refractivity contribution in [3.8, 4) is 0 Å². The summed E-state index contributed by atoms with van der Waals surface area (Å²) in [5.41, 5.74) is 0. The molecule has 0 aliphatic rings. The Labute approximate surface area is 71.2 Å². The zero-order valence-corrected chi connectivity index (χ0v) is 10.6. The van der Waals surface area contributed by atoms with Gasteiger partial charge in [-0.1, -0.05) is 0 Å². The van der Waals surface area contributed by atoms with E-state index in [1.54, 1.807) is 0 Å². The monoisotopic (exact) mass is 522 g/mol. The standard InChI is InChI=1S/I4N/c1-3-5-4-2/q-1. The average Bonchev–Trinajstić information content (AvgIpc) is 1.41. The van der Waals surface area contributed by atoms with Crippen molar-refractivity contribution in [1.29, 1.82) is 0 Å². The van der Waals surface area contributed by atoms with E-state index in [2.05, 4.69) is 38.6 Å². The second-order valence-corrected chi connectivity index (χ2v) is 8.62.